The summed E-state index contributed by atoms with van der Waals surface area (Å²) in [5, 5.41) is 0.396. The first-order valence-electron chi connectivity index (χ1n) is 7.19. The lowest BCUT2D eigenvalue weighted by Crippen LogP contribution is -2.51. The normalized spacial score (nSPS) is 24.2. The second-order valence-corrected chi connectivity index (χ2v) is 8.16. The van der Waals surface area contributed by atoms with Gasteiger partial charge in [0.15, 0.2) is 0 Å². The maximum atomic E-state index is 12.8. The molecular weight excluding hydrogens is 310 g/mol. The van der Waals surface area contributed by atoms with E-state index in [0.29, 0.717) is 29.8 Å². The number of anilines is 1. The highest BCUT2D eigenvalue weighted by Gasteiger charge is 2.36. The first-order chi connectivity index (χ1) is 9.89. The highest BCUT2D eigenvalue weighted by atomic mass is 35.5. The van der Waals surface area contributed by atoms with E-state index in [2.05, 4.69) is 4.90 Å². The maximum absolute atomic E-state index is 12.8. The summed E-state index contributed by atoms with van der Waals surface area (Å²) in [4.78, 5) is 2.57. The molecule has 1 aromatic rings. The summed E-state index contributed by atoms with van der Waals surface area (Å²) in [6, 6.07) is 3.37. The van der Waals surface area contributed by atoms with Gasteiger partial charge in [0.1, 0.15) is 0 Å². The molecule has 2 aliphatic rings. The van der Waals surface area contributed by atoms with Crippen LogP contribution in [0.2, 0.25) is 5.02 Å². The van der Waals surface area contributed by atoms with E-state index in [1.165, 1.54) is 12.1 Å². The van der Waals surface area contributed by atoms with Crippen molar-refractivity contribution in [1.29, 1.82) is 0 Å². The van der Waals surface area contributed by atoms with Crippen molar-refractivity contribution in [3.8, 4) is 0 Å². The van der Waals surface area contributed by atoms with Crippen molar-refractivity contribution in [1.82, 2.24) is 9.21 Å². The van der Waals surface area contributed by atoms with Crippen LogP contribution >= 0.6 is 11.6 Å². The number of nitrogens with two attached hydrogens (primary N) is 1. The number of nitrogen functional groups attached to an aromatic ring is 1. The number of halogens is 1. The van der Waals surface area contributed by atoms with Gasteiger partial charge in [-0.25, -0.2) is 8.42 Å². The summed E-state index contributed by atoms with van der Waals surface area (Å²) in [7, 11) is -3.52. The van der Waals surface area contributed by atoms with Crippen LogP contribution in [0.5, 0.6) is 0 Å². The molecule has 3 rings (SSSR count). The fraction of sp³-hybridized carbons (Fsp3) is 0.571. The maximum Gasteiger partial charge on any atom is 0.243 e. The zero-order valence-corrected chi connectivity index (χ0v) is 13.6. The minimum atomic E-state index is -3.52. The van der Waals surface area contributed by atoms with E-state index in [1.54, 1.807) is 11.2 Å². The number of nitrogens with zero attached hydrogens (tertiary/aromatic N) is 2. The van der Waals surface area contributed by atoms with E-state index in [0.717, 1.165) is 31.5 Å². The molecule has 0 aliphatic carbocycles. The fourth-order valence-electron chi connectivity index (χ4n) is 3.15. The average Bonchev–Trinajstić information content (AvgIpc) is 2.91. The summed E-state index contributed by atoms with van der Waals surface area (Å²) in [5.74, 6) is 0. The molecule has 7 heteroatoms. The van der Waals surface area contributed by atoms with Crippen LogP contribution in [0.4, 0.5) is 5.69 Å². The Hall–Kier alpha value is -0.820. The standard InChI is InChI=1S/C14H20ClN3O2S/c1-10-13(15)7-12(8-14(10)16)21(19,20)18-6-5-17-4-2-3-11(17)9-18/h7-8,11H,2-6,9,16H2,1H3. The largest absolute Gasteiger partial charge is 0.398 e. The second-order valence-electron chi connectivity index (χ2n) is 5.81. The minimum Gasteiger partial charge on any atom is -0.398 e. The van der Waals surface area contributed by atoms with Crippen molar-refractivity contribution in [3.63, 3.8) is 0 Å². The molecule has 116 valence electrons. The predicted molar refractivity (Wildman–Crippen MR) is 84.0 cm³/mol. The van der Waals surface area contributed by atoms with Crippen molar-refractivity contribution in [2.75, 3.05) is 31.9 Å². The number of benzene rings is 1. The molecule has 2 saturated heterocycles. The smallest absolute Gasteiger partial charge is 0.243 e. The molecule has 1 unspecified atom stereocenters. The summed E-state index contributed by atoms with van der Waals surface area (Å²) < 4.78 is 27.1. The molecule has 1 aromatic carbocycles. The van der Waals surface area contributed by atoms with Crippen LogP contribution < -0.4 is 5.73 Å². The Bertz CT molecular complexity index is 639. The van der Waals surface area contributed by atoms with Crippen LogP contribution in [0.25, 0.3) is 0 Å². The molecule has 2 heterocycles. The van der Waals surface area contributed by atoms with Crippen LogP contribution in [0.15, 0.2) is 17.0 Å². The Morgan fingerprint density at radius 1 is 1.29 bits per heavy atom. The van der Waals surface area contributed by atoms with Crippen molar-refractivity contribution in [2.45, 2.75) is 30.7 Å². The van der Waals surface area contributed by atoms with Gasteiger partial charge in [0, 0.05) is 36.4 Å². The zero-order valence-electron chi connectivity index (χ0n) is 12.0. The third-order valence-electron chi connectivity index (χ3n) is 4.55. The van der Waals surface area contributed by atoms with E-state index in [4.69, 9.17) is 17.3 Å². The van der Waals surface area contributed by atoms with Crippen LogP contribution in [0, 0.1) is 6.92 Å². The van der Waals surface area contributed by atoms with Crippen LogP contribution in [-0.2, 0) is 10.0 Å². The quantitative estimate of drug-likeness (QED) is 0.839. The van der Waals surface area contributed by atoms with Crippen LogP contribution in [0.1, 0.15) is 18.4 Å². The van der Waals surface area contributed by atoms with Gasteiger partial charge in [0.05, 0.1) is 4.90 Å². The highest BCUT2D eigenvalue weighted by Crippen LogP contribution is 2.30. The van der Waals surface area contributed by atoms with Crippen molar-refractivity contribution in [3.05, 3.63) is 22.7 Å². The summed E-state index contributed by atoms with van der Waals surface area (Å²) in [5.41, 5.74) is 6.99. The molecule has 1 atom stereocenters. The second kappa shape index (κ2) is 5.43. The van der Waals surface area contributed by atoms with Crippen molar-refractivity contribution >= 4 is 27.3 Å². The lowest BCUT2D eigenvalue weighted by atomic mass is 10.2. The monoisotopic (exact) mass is 329 g/mol. The predicted octanol–water partition coefficient (Wildman–Crippen LogP) is 1.70. The number of sulfonamides is 1. The Labute approximate surface area is 130 Å². The number of fused-ring (bicyclic) bond motifs is 1. The molecular formula is C14H20ClN3O2S. The van der Waals surface area contributed by atoms with E-state index in [9.17, 15) is 8.42 Å². The summed E-state index contributed by atoms with van der Waals surface area (Å²) >= 11 is 6.08. The number of hydrogen-bond donors (Lipinski definition) is 1. The molecule has 0 bridgehead atoms. The Kier molecular flexibility index (Phi) is 3.90. The van der Waals surface area contributed by atoms with Gasteiger partial charge >= 0.3 is 0 Å². The van der Waals surface area contributed by atoms with Gasteiger partial charge in [-0.05, 0) is 44.0 Å². The Morgan fingerprint density at radius 3 is 2.76 bits per heavy atom. The van der Waals surface area contributed by atoms with Gasteiger partial charge in [0.2, 0.25) is 10.0 Å². The average molecular weight is 330 g/mol. The number of rotatable bonds is 2. The van der Waals surface area contributed by atoms with Gasteiger partial charge in [-0.3, -0.25) is 4.90 Å². The van der Waals surface area contributed by atoms with Crippen LogP contribution in [-0.4, -0.2) is 49.8 Å². The molecule has 0 spiro atoms. The summed E-state index contributed by atoms with van der Waals surface area (Å²) in [6.07, 6.45) is 2.23. The lowest BCUT2D eigenvalue weighted by Gasteiger charge is -2.36. The van der Waals surface area contributed by atoms with Crippen molar-refractivity contribution in [2.24, 2.45) is 0 Å². The van der Waals surface area contributed by atoms with Gasteiger partial charge in [-0.2, -0.15) is 4.31 Å². The van der Waals surface area contributed by atoms with Crippen LogP contribution in [0.3, 0.4) is 0 Å². The molecule has 2 aliphatic heterocycles. The first-order valence-corrected chi connectivity index (χ1v) is 9.01. The number of piperazine rings is 1. The third kappa shape index (κ3) is 2.65. The molecule has 0 aromatic heterocycles. The van der Waals surface area contributed by atoms with Gasteiger partial charge < -0.3 is 5.73 Å². The van der Waals surface area contributed by atoms with E-state index in [1.807, 2.05) is 0 Å². The topological polar surface area (TPSA) is 66.6 Å². The Balaban J connectivity index is 1.90. The molecule has 2 fully saturated rings. The summed E-state index contributed by atoms with van der Waals surface area (Å²) in [6.45, 7) is 4.77. The Morgan fingerprint density at radius 2 is 2.05 bits per heavy atom. The zero-order chi connectivity index (χ0) is 15.2. The van der Waals surface area contributed by atoms with E-state index >= 15 is 0 Å². The van der Waals surface area contributed by atoms with Crippen molar-refractivity contribution < 1.29 is 8.42 Å². The molecule has 0 amide bonds. The molecule has 2 N–H and O–H groups in total. The van der Waals surface area contributed by atoms with Gasteiger partial charge in [-0.1, -0.05) is 11.6 Å². The molecule has 0 saturated carbocycles. The molecule has 5 nitrogen and oxygen atoms in total. The SMILES string of the molecule is Cc1c(N)cc(S(=O)(=O)N2CCN3CCCC3C2)cc1Cl. The van der Waals surface area contributed by atoms with E-state index < -0.39 is 10.0 Å². The van der Waals surface area contributed by atoms with Gasteiger partial charge in [-0.15, -0.1) is 0 Å². The third-order valence-corrected chi connectivity index (χ3v) is 6.78. The molecule has 21 heavy (non-hydrogen) atoms. The molecule has 0 radical (unpaired) electrons. The number of hydrogen-bond acceptors (Lipinski definition) is 4. The highest BCUT2D eigenvalue weighted by molar-refractivity contribution is 7.89. The van der Waals surface area contributed by atoms with E-state index in [-0.39, 0.29) is 4.90 Å². The minimum absolute atomic E-state index is 0.196. The lowest BCUT2D eigenvalue weighted by molar-refractivity contribution is 0.158. The van der Waals surface area contributed by atoms with Gasteiger partial charge in [0.25, 0.3) is 0 Å². The fourth-order valence-corrected chi connectivity index (χ4v) is 4.98. The first kappa shape index (κ1) is 15.1.